The molecule has 0 fully saturated rings. The Balaban J connectivity index is 1.78. The molecule has 3 rings (SSSR count). The van der Waals surface area contributed by atoms with Crippen molar-refractivity contribution in [2.75, 3.05) is 19.5 Å². The van der Waals surface area contributed by atoms with E-state index in [0.29, 0.717) is 28.5 Å². The largest absolute Gasteiger partial charge is 0.497 e. The topological polar surface area (TPSA) is 134 Å². The monoisotopic (exact) mass is 371 g/mol. The molecule has 0 atom stereocenters. The third-order valence-corrected chi connectivity index (χ3v) is 3.62. The van der Waals surface area contributed by atoms with Gasteiger partial charge >= 0.3 is 0 Å². The zero-order valence-electron chi connectivity index (χ0n) is 14.6. The van der Waals surface area contributed by atoms with Crippen LogP contribution in [-0.4, -0.2) is 41.0 Å². The number of anilines is 1. The van der Waals surface area contributed by atoms with Crippen molar-refractivity contribution in [3.05, 3.63) is 42.4 Å². The molecule has 0 saturated carbocycles. The van der Waals surface area contributed by atoms with E-state index in [-0.39, 0.29) is 12.2 Å². The fraction of sp³-hybridized carbons (Fsp3) is 0.176. The van der Waals surface area contributed by atoms with Gasteiger partial charge in [0.2, 0.25) is 5.91 Å². The Bertz CT molecular complexity index is 978. The van der Waals surface area contributed by atoms with Crippen LogP contribution < -0.4 is 20.5 Å². The van der Waals surface area contributed by atoms with E-state index in [0.717, 1.165) is 0 Å². The molecule has 0 aliphatic carbocycles. The first-order valence-corrected chi connectivity index (χ1v) is 7.81. The van der Waals surface area contributed by atoms with Gasteiger partial charge in [-0.25, -0.2) is 0 Å². The lowest BCUT2D eigenvalue weighted by Crippen LogP contribution is -2.18. The van der Waals surface area contributed by atoms with Crippen molar-refractivity contribution in [3.8, 4) is 22.8 Å². The Labute approximate surface area is 153 Å². The highest BCUT2D eigenvalue weighted by molar-refractivity contribution is 6.03. The molecule has 0 unspecified atom stereocenters. The highest BCUT2D eigenvalue weighted by Crippen LogP contribution is 2.33. The minimum absolute atomic E-state index is 0.0672. The van der Waals surface area contributed by atoms with Crippen molar-refractivity contribution in [1.82, 2.24) is 14.9 Å². The maximum atomic E-state index is 12.3. The van der Waals surface area contributed by atoms with Gasteiger partial charge in [0, 0.05) is 12.3 Å². The van der Waals surface area contributed by atoms with Gasteiger partial charge in [0.15, 0.2) is 11.5 Å². The van der Waals surface area contributed by atoms with Crippen LogP contribution in [0.5, 0.6) is 11.5 Å². The molecule has 0 aliphatic rings. The number of aromatic nitrogens is 3. The standard InChI is InChI=1S/C17H17N5O5/c1-25-11-3-4-14(26-2)12(5-11)15-6-13(21-27-15)17(24)20-10-7-19-22(8-10)9-16(18)23/h3-8H,9H2,1-2H3,(H2,18,23)(H,20,24). The van der Waals surface area contributed by atoms with Crippen LogP contribution >= 0.6 is 0 Å². The van der Waals surface area contributed by atoms with Crippen LogP contribution in [0.25, 0.3) is 11.3 Å². The van der Waals surface area contributed by atoms with Crippen LogP contribution in [0.3, 0.4) is 0 Å². The molecule has 2 heterocycles. The zero-order valence-corrected chi connectivity index (χ0v) is 14.6. The van der Waals surface area contributed by atoms with Gasteiger partial charge in [0.25, 0.3) is 5.91 Å². The van der Waals surface area contributed by atoms with Crippen molar-refractivity contribution >= 4 is 17.5 Å². The van der Waals surface area contributed by atoms with Gasteiger partial charge in [-0.3, -0.25) is 14.3 Å². The highest BCUT2D eigenvalue weighted by Gasteiger charge is 2.18. The Morgan fingerprint density at radius 3 is 2.78 bits per heavy atom. The van der Waals surface area contributed by atoms with E-state index >= 15 is 0 Å². The van der Waals surface area contributed by atoms with Crippen molar-refractivity contribution in [3.63, 3.8) is 0 Å². The first kappa shape index (κ1) is 18.0. The molecule has 0 aliphatic heterocycles. The number of primary amides is 1. The third kappa shape index (κ3) is 4.06. The zero-order chi connectivity index (χ0) is 19.4. The number of nitrogens with zero attached hydrogens (tertiary/aromatic N) is 3. The van der Waals surface area contributed by atoms with Gasteiger partial charge in [-0.05, 0) is 18.2 Å². The van der Waals surface area contributed by atoms with Gasteiger partial charge < -0.3 is 25.0 Å². The normalized spacial score (nSPS) is 10.4. The summed E-state index contributed by atoms with van der Waals surface area (Å²) in [5.74, 6) is 0.469. The fourth-order valence-corrected chi connectivity index (χ4v) is 2.39. The minimum Gasteiger partial charge on any atom is -0.497 e. The van der Waals surface area contributed by atoms with E-state index in [1.54, 1.807) is 25.3 Å². The van der Waals surface area contributed by atoms with E-state index in [4.69, 9.17) is 19.7 Å². The summed E-state index contributed by atoms with van der Waals surface area (Å²) in [6.07, 6.45) is 2.88. The second-order valence-electron chi connectivity index (χ2n) is 5.49. The molecule has 2 amide bonds. The second-order valence-corrected chi connectivity index (χ2v) is 5.49. The molecular formula is C17H17N5O5. The number of rotatable bonds is 7. The number of nitrogens with two attached hydrogens (primary N) is 1. The third-order valence-electron chi connectivity index (χ3n) is 3.62. The summed E-state index contributed by atoms with van der Waals surface area (Å²) in [5, 5.41) is 10.3. The van der Waals surface area contributed by atoms with E-state index in [2.05, 4.69) is 15.6 Å². The lowest BCUT2D eigenvalue weighted by atomic mass is 10.1. The number of hydrogen-bond acceptors (Lipinski definition) is 7. The Morgan fingerprint density at radius 2 is 2.07 bits per heavy atom. The number of benzene rings is 1. The quantitative estimate of drug-likeness (QED) is 0.639. The van der Waals surface area contributed by atoms with Crippen molar-refractivity contribution < 1.29 is 23.6 Å². The fourth-order valence-electron chi connectivity index (χ4n) is 2.39. The molecule has 0 spiro atoms. The lowest BCUT2D eigenvalue weighted by Gasteiger charge is -2.07. The van der Waals surface area contributed by atoms with Gasteiger partial charge in [-0.2, -0.15) is 5.10 Å². The second kappa shape index (κ2) is 7.60. The van der Waals surface area contributed by atoms with Crippen LogP contribution in [0.1, 0.15) is 10.5 Å². The molecule has 0 radical (unpaired) electrons. The predicted molar refractivity (Wildman–Crippen MR) is 94.4 cm³/mol. The number of amides is 2. The summed E-state index contributed by atoms with van der Waals surface area (Å²) in [4.78, 5) is 23.2. The maximum Gasteiger partial charge on any atom is 0.277 e. The molecule has 10 nitrogen and oxygen atoms in total. The minimum atomic E-state index is -0.538. The predicted octanol–water partition coefficient (Wildman–Crippen LogP) is 1.29. The van der Waals surface area contributed by atoms with E-state index in [1.165, 1.54) is 30.3 Å². The van der Waals surface area contributed by atoms with Crippen LogP contribution in [0, 0.1) is 0 Å². The molecule has 10 heteroatoms. The van der Waals surface area contributed by atoms with Crippen molar-refractivity contribution in [1.29, 1.82) is 0 Å². The molecule has 3 aromatic rings. The van der Waals surface area contributed by atoms with Crippen LogP contribution in [0.15, 0.2) is 41.2 Å². The van der Waals surface area contributed by atoms with E-state index in [9.17, 15) is 9.59 Å². The molecule has 0 bridgehead atoms. The highest BCUT2D eigenvalue weighted by atomic mass is 16.5. The molecule has 27 heavy (non-hydrogen) atoms. The lowest BCUT2D eigenvalue weighted by molar-refractivity contribution is -0.118. The molecule has 140 valence electrons. The first-order valence-electron chi connectivity index (χ1n) is 7.81. The Kier molecular flexibility index (Phi) is 5.06. The number of nitrogens with one attached hydrogen (secondary N) is 1. The molecule has 2 aromatic heterocycles. The summed E-state index contributed by atoms with van der Waals surface area (Å²) in [7, 11) is 3.07. The van der Waals surface area contributed by atoms with Crippen LogP contribution in [0.4, 0.5) is 5.69 Å². The summed E-state index contributed by atoms with van der Waals surface area (Å²) < 4.78 is 17.1. The number of carbonyl (C=O) groups excluding carboxylic acids is 2. The smallest absolute Gasteiger partial charge is 0.277 e. The SMILES string of the molecule is COc1ccc(OC)c(-c2cc(C(=O)Nc3cnn(CC(N)=O)c3)no2)c1. The Morgan fingerprint density at radius 1 is 1.26 bits per heavy atom. The first-order chi connectivity index (χ1) is 13.0. The maximum absolute atomic E-state index is 12.3. The molecular weight excluding hydrogens is 354 g/mol. The van der Waals surface area contributed by atoms with Gasteiger partial charge in [-0.1, -0.05) is 5.16 Å². The average Bonchev–Trinajstić information content (AvgIpc) is 3.30. The summed E-state index contributed by atoms with van der Waals surface area (Å²) >= 11 is 0. The molecule has 1 aromatic carbocycles. The Hall–Kier alpha value is -3.82. The number of methoxy groups -OCH3 is 2. The van der Waals surface area contributed by atoms with Gasteiger partial charge in [0.1, 0.15) is 18.0 Å². The van der Waals surface area contributed by atoms with Gasteiger partial charge in [0.05, 0.1) is 31.7 Å². The number of hydrogen-bond donors (Lipinski definition) is 2. The number of ether oxygens (including phenoxy) is 2. The summed E-state index contributed by atoms with van der Waals surface area (Å²) in [6, 6.07) is 6.68. The van der Waals surface area contributed by atoms with Gasteiger partial charge in [-0.15, -0.1) is 0 Å². The summed E-state index contributed by atoms with van der Waals surface area (Å²) in [5.41, 5.74) is 6.16. The molecule has 0 saturated heterocycles. The van der Waals surface area contributed by atoms with Crippen molar-refractivity contribution in [2.24, 2.45) is 5.73 Å². The molecule has 3 N–H and O–H groups in total. The van der Waals surface area contributed by atoms with E-state index in [1.807, 2.05) is 0 Å². The number of carbonyl (C=O) groups is 2. The van der Waals surface area contributed by atoms with E-state index < -0.39 is 11.8 Å². The average molecular weight is 371 g/mol. The summed E-state index contributed by atoms with van der Waals surface area (Å²) in [6.45, 7) is -0.0837. The van der Waals surface area contributed by atoms with Crippen LogP contribution in [-0.2, 0) is 11.3 Å². The van der Waals surface area contributed by atoms with Crippen molar-refractivity contribution in [2.45, 2.75) is 6.54 Å². The van der Waals surface area contributed by atoms with Crippen LogP contribution in [0.2, 0.25) is 0 Å².